The highest BCUT2D eigenvalue weighted by Crippen LogP contribution is 2.49. The molecule has 0 bridgehead atoms. The third kappa shape index (κ3) is 3.41. The van der Waals surface area contributed by atoms with Gasteiger partial charge in [-0.2, -0.15) is 0 Å². The van der Waals surface area contributed by atoms with Crippen molar-refractivity contribution in [1.29, 1.82) is 0 Å². The van der Waals surface area contributed by atoms with E-state index in [4.69, 9.17) is 16.3 Å². The number of nitrogens with zero attached hydrogens (tertiary/aromatic N) is 1. The van der Waals surface area contributed by atoms with Gasteiger partial charge in [-0.1, -0.05) is 18.5 Å². The molecule has 1 heterocycles. The zero-order valence-corrected chi connectivity index (χ0v) is 16.5. The summed E-state index contributed by atoms with van der Waals surface area (Å²) in [5, 5.41) is 3.49. The van der Waals surface area contributed by atoms with Gasteiger partial charge >= 0.3 is 0 Å². The van der Waals surface area contributed by atoms with Gasteiger partial charge in [-0.05, 0) is 57.1 Å². The van der Waals surface area contributed by atoms with Crippen molar-refractivity contribution < 1.29 is 14.3 Å². The van der Waals surface area contributed by atoms with Crippen molar-refractivity contribution in [2.75, 3.05) is 19.0 Å². The molecular formula is C20H27ClN2O3. The number of anilines is 1. The lowest BCUT2D eigenvalue weighted by atomic mass is 9.95. The molecule has 0 aromatic heterocycles. The molecule has 0 spiro atoms. The highest BCUT2D eigenvalue weighted by molar-refractivity contribution is 6.31. The number of likely N-dealkylation sites (tertiary alicyclic amines) is 1. The molecule has 1 saturated carbocycles. The summed E-state index contributed by atoms with van der Waals surface area (Å²) in [5.74, 6) is 0.260. The molecule has 26 heavy (non-hydrogen) atoms. The van der Waals surface area contributed by atoms with Crippen molar-refractivity contribution in [2.45, 2.75) is 58.4 Å². The molecule has 2 fully saturated rings. The van der Waals surface area contributed by atoms with Gasteiger partial charge < -0.3 is 15.0 Å². The van der Waals surface area contributed by atoms with Crippen LogP contribution in [0.5, 0.6) is 5.75 Å². The van der Waals surface area contributed by atoms with E-state index in [1.807, 2.05) is 11.8 Å². The number of nitrogens with one attached hydrogen (secondary N) is 1. The summed E-state index contributed by atoms with van der Waals surface area (Å²) in [4.78, 5) is 28.1. The molecule has 1 N–H and O–H groups in total. The highest BCUT2D eigenvalue weighted by atomic mass is 35.5. The van der Waals surface area contributed by atoms with Gasteiger partial charge in [-0.25, -0.2) is 0 Å². The van der Waals surface area contributed by atoms with Crippen molar-refractivity contribution in [2.24, 2.45) is 5.41 Å². The van der Waals surface area contributed by atoms with Crippen LogP contribution in [-0.4, -0.2) is 36.4 Å². The van der Waals surface area contributed by atoms with E-state index >= 15 is 0 Å². The molecule has 142 valence electrons. The third-order valence-corrected chi connectivity index (χ3v) is 6.09. The molecule has 1 aliphatic carbocycles. The van der Waals surface area contributed by atoms with E-state index in [-0.39, 0.29) is 17.9 Å². The van der Waals surface area contributed by atoms with E-state index in [1.165, 1.54) is 7.11 Å². The summed E-state index contributed by atoms with van der Waals surface area (Å²) in [6.45, 7) is 4.74. The maximum atomic E-state index is 13.2. The van der Waals surface area contributed by atoms with Crippen molar-refractivity contribution in [1.82, 2.24) is 4.90 Å². The number of methoxy groups -OCH3 is 1. The minimum absolute atomic E-state index is 0.00815. The van der Waals surface area contributed by atoms with Gasteiger partial charge in [0.1, 0.15) is 11.2 Å². The molecule has 3 rings (SSSR count). The SMILES string of the molecule is CCC1CCCCN1C(=O)C1(C(=O)Nc2cc(C)c(Cl)cc2OC)CC1. The van der Waals surface area contributed by atoms with E-state index in [0.29, 0.717) is 29.3 Å². The lowest BCUT2D eigenvalue weighted by Crippen LogP contribution is -2.49. The molecule has 6 heteroatoms. The quantitative estimate of drug-likeness (QED) is 0.782. The number of aryl methyl sites for hydroxylation is 1. The zero-order valence-electron chi connectivity index (χ0n) is 15.7. The smallest absolute Gasteiger partial charge is 0.240 e. The summed E-state index contributed by atoms with van der Waals surface area (Å²) < 4.78 is 5.33. The van der Waals surface area contributed by atoms with Crippen molar-refractivity contribution in [3.63, 3.8) is 0 Å². The molecule has 2 aliphatic rings. The van der Waals surface area contributed by atoms with Crippen LogP contribution >= 0.6 is 11.6 Å². The van der Waals surface area contributed by atoms with Gasteiger partial charge in [0.25, 0.3) is 0 Å². The van der Waals surface area contributed by atoms with Gasteiger partial charge in [-0.15, -0.1) is 0 Å². The second kappa shape index (κ2) is 7.47. The molecule has 2 amide bonds. The maximum absolute atomic E-state index is 13.2. The van der Waals surface area contributed by atoms with Crippen LogP contribution in [0.4, 0.5) is 5.69 Å². The summed E-state index contributed by atoms with van der Waals surface area (Å²) >= 11 is 6.13. The number of carbonyl (C=O) groups excluding carboxylic acids is 2. The van der Waals surface area contributed by atoms with E-state index in [2.05, 4.69) is 12.2 Å². The number of amides is 2. The van der Waals surface area contributed by atoms with Crippen LogP contribution in [0, 0.1) is 12.3 Å². The number of ether oxygens (including phenoxy) is 1. The summed E-state index contributed by atoms with van der Waals surface area (Å²) in [6, 6.07) is 3.73. The first-order valence-corrected chi connectivity index (χ1v) is 9.77. The number of hydrogen-bond donors (Lipinski definition) is 1. The predicted molar refractivity (Wildman–Crippen MR) is 103 cm³/mol. The fourth-order valence-electron chi connectivity index (χ4n) is 3.80. The highest BCUT2D eigenvalue weighted by Gasteiger charge is 2.58. The molecule has 1 saturated heterocycles. The Balaban J connectivity index is 1.79. The average molecular weight is 379 g/mol. The van der Waals surface area contributed by atoms with Crippen molar-refractivity contribution in [3.05, 3.63) is 22.7 Å². The Kier molecular flexibility index (Phi) is 5.47. The third-order valence-electron chi connectivity index (χ3n) is 5.68. The lowest BCUT2D eigenvalue weighted by Gasteiger charge is -2.37. The largest absolute Gasteiger partial charge is 0.495 e. The first-order chi connectivity index (χ1) is 12.4. The number of carbonyl (C=O) groups is 2. The summed E-state index contributed by atoms with van der Waals surface area (Å²) in [6.07, 6.45) is 5.36. The molecule has 1 aromatic carbocycles. The van der Waals surface area contributed by atoms with Crippen LogP contribution in [0.2, 0.25) is 5.02 Å². The Labute approximate surface area is 160 Å². The second-order valence-corrected chi connectivity index (χ2v) is 7.80. The Morgan fingerprint density at radius 1 is 1.35 bits per heavy atom. The van der Waals surface area contributed by atoms with Gasteiger partial charge in [0, 0.05) is 23.7 Å². The van der Waals surface area contributed by atoms with Crippen LogP contribution in [0.3, 0.4) is 0 Å². The summed E-state index contributed by atoms with van der Waals surface area (Å²) in [7, 11) is 1.54. The lowest BCUT2D eigenvalue weighted by molar-refractivity contribution is -0.145. The number of rotatable bonds is 5. The van der Waals surface area contributed by atoms with E-state index in [1.54, 1.807) is 12.1 Å². The maximum Gasteiger partial charge on any atom is 0.240 e. The Morgan fingerprint density at radius 3 is 2.69 bits per heavy atom. The fourth-order valence-corrected chi connectivity index (χ4v) is 3.96. The summed E-state index contributed by atoms with van der Waals surface area (Å²) in [5.41, 5.74) is 0.494. The topological polar surface area (TPSA) is 58.6 Å². The monoisotopic (exact) mass is 378 g/mol. The standard InChI is InChI=1S/C20H27ClN2O3/c1-4-14-7-5-6-10-23(14)19(25)20(8-9-20)18(24)22-16-11-13(2)15(21)12-17(16)26-3/h11-12,14H,4-10H2,1-3H3,(H,22,24). The Hall–Kier alpha value is -1.75. The molecule has 1 aliphatic heterocycles. The van der Waals surface area contributed by atoms with Crippen LogP contribution in [0.15, 0.2) is 12.1 Å². The molecule has 1 unspecified atom stereocenters. The van der Waals surface area contributed by atoms with Gasteiger partial charge in [0.15, 0.2) is 0 Å². The predicted octanol–water partition coefficient (Wildman–Crippen LogP) is 4.17. The van der Waals surface area contributed by atoms with Crippen LogP contribution < -0.4 is 10.1 Å². The van der Waals surface area contributed by atoms with Crippen LogP contribution in [0.1, 0.15) is 51.0 Å². The first kappa shape index (κ1) is 19.0. The molecule has 0 radical (unpaired) electrons. The van der Waals surface area contributed by atoms with E-state index in [0.717, 1.165) is 37.8 Å². The van der Waals surface area contributed by atoms with Gasteiger partial charge in [0.05, 0.1) is 12.8 Å². The average Bonchev–Trinajstić information content (AvgIpc) is 3.45. The second-order valence-electron chi connectivity index (χ2n) is 7.39. The van der Waals surface area contributed by atoms with Gasteiger partial charge in [-0.3, -0.25) is 9.59 Å². The fraction of sp³-hybridized carbons (Fsp3) is 0.600. The van der Waals surface area contributed by atoms with Crippen LogP contribution in [-0.2, 0) is 9.59 Å². The van der Waals surface area contributed by atoms with Crippen molar-refractivity contribution in [3.8, 4) is 5.75 Å². The van der Waals surface area contributed by atoms with Crippen molar-refractivity contribution >= 4 is 29.1 Å². The van der Waals surface area contributed by atoms with Crippen LogP contribution in [0.25, 0.3) is 0 Å². The first-order valence-electron chi connectivity index (χ1n) is 9.39. The Morgan fingerprint density at radius 2 is 2.08 bits per heavy atom. The normalized spacial score (nSPS) is 21.2. The Bertz CT molecular complexity index is 715. The molecule has 1 atom stereocenters. The number of benzene rings is 1. The molecular weight excluding hydrogens is 352 g/mol. The minimum atomic E-state index is -0.913. The van der Waals surface area contributed by atoms with E-state index < -0.39 is 5.41 Å². The molecule has 1 aromatic rings. The zero-order chi connectivity index (χ0) is 18.9. The van der Waals surface area contributed by atoms with Gasteiger partial charge in [0.2, 0.25) is 11.8 Å². The number of hydrogen-bond acceptors (Lipinski definition) is 3. The minimum Gasteiger partial charge on any atom is -0.495 e. The molecule has 5 nitrogen and oxygen atoms in total. The number of halogens is 1. The number of piperidine rings is 1. The van der Waals surface area contributed by atoms with E-state index in [9.17, 15) is 9.59 Å².